The zero-order valence-electron chi connectivity index (χ0n) is 21.6. The molecule has 3 aliphatic rings. The number of rotatable bonds is 6. The quantitative estimate of drug-likeness (QED) is 0.440. The number of ether oxygens (including phenoxy) is 2. The summed E-state index contributed by atoms with van der Waals surface area (Å²) < 4.78 is 11.0. The third-order valence-electron chi connectivity index (χ3n) is 7.36. The van der Waals surface area contributed by atoms with E-state index in [2.05, 4.69) is 64.4 Å². The molecular formula is C31H33N3O4. The Morgan fingerprint density at radius 1 is 0.816 bits per heavy atom. The summed E-state index contributed by atoms with van der Waals surface area (Å²) in [5.41, 5.74) is 7.10. The predicted octanol–water partition coefficient (Wildman–Crippen LogP) is 4.81. The van der Waals surface area contributed by atoms with E-state index in [-0.39, 0.29) is 5.57 Å². The Morgan fingerprint density at radius 2 is 1.32 bits per heavy atom. The Kier molecular flexibility index (Phi) is 8.22. The maximum Gasteiger partial charge on any atom is 0.346 e. The van der Waals surface area contributed by atoms with Crippen molar-refractivity contribution in [2.24, 2.45) is 0 Å². The summed E-state index contributed by atoms with van der Waals surface area (Å²) in [4.78, 5) is 16.3. The number of carbonyl (C=O) groups is 1. The molecule has 7 heteroatoms. The molecule has 2 aromatic carbocycles. The van der Waals surface area contributed by atoms with Crippen molar-refractivity contribution in [3.8, 4) is 6.07 Å². The molecule has 0 aromatic heterocycles. The molecule has 196 valence electrons. The predicted molar refractivity (Wildman–Crippen MR) is 148 cm³/mol. The van der Waals surface area contributed by atoms with Crippen molar-refractivity contribution in [1.82, 2.24) is 0 Å². The molecule has 0 amide bonds. The maximum atomic E-state index is 11.6. The smallest absolute Gasteiger partial charge is 0.346 e. The molecule has 0 spiro atoms. The topological polar surface area (TPSA) is 86.0 Å². The maximum absolute atomic E-state index is 11.6. The highest BCUT2D eigenvalue weighted by atomic mass is 16.5. The summed E-state index contributed by atoms with van der Waals surface area (Å²) in [5.74, 6) is -1.17. The molecule has 0 unspecified atom stereocenters. The highest BCUT2D eigenvalue weighted by Gasteiger charge is 2.18. The third kappa shape index (κ3) is 5.99. The van der Waals surface area contributed by atoms with Crippen LogP contribution >= 0.6 is 0 Å². The molecular weight excluding hydrogens is 478 g/mol. The van der Waals surface area contributed by atoms with Crippen molar-refractivity contribution in [2.75, 3.05) is 62.4 Å². The van der Waals surface area contributed by atoms with Gasteiger partial charge in [-0.15, -0.1) is 0 Å². The van der Waals surface area contributed by atoms with E-state index in [0.717, 1.165) is 87.7 Å². The molecule has 0 saturated carbocycles. The minimum Gasteiger partial charge on any atom is -0.477 e. The van der Waals surface area contributed by atoms with Gasteiger partial charge >= 0.3 is 5.97 Å². The summed E-state index contributed by atoms with van der Waals surface area (Å²) >= 11 is 0. The molecule has 7 nitrogen and oxygen atoms in total. The molecule has 2 saturated heterocycles. The number of carboxylic acids is 1. The Morgan fingerprint density at radius 3 is 1.76 bits per heavy atom. The van der Waals surface area contributed by atoms with Crippen LogP contribution in [0.4, 0.5) is 11.4 Å². The monoisotopic (exact) mass is 511 g/mol. The van der Waals surface area contributed by atoms with Crippen molar-refractivity contribution >= 4 is 22.9 Å². The summed E-state index contributed by atoms with van der Waals surface area (Å²) in [6.45, 7) is 6.52. The first-order valence-electron chi connectivity index (χ1n) is 13.3. The van der Waals surface area contributed by atoms with Crippen molar-refractivity contribution in [3.05, 3.63) is 88.5 Å². The molecule has 38 heavy (non-hydrogen) atoms. The lowest BCUT2D eigenvalue weighted by atomic mass is 9.88. The van der Waals surface area contributed by atoms with Gasteiger partial charge in [0.1, 0.15) is 11.6 Å². The summed E-state index contributed by atoms with van der Waals surface area (Å²) in [5, 5.41) is 18.9. The van der Waals surface area contributed by atoms with E-state index in [1.807, 2.05) is 12.1 Å². The van der Waals surface area contributed by atoms with Crippen molar-refractivity contribution in [1.29, 1.82) is 5.26 Å². The molecule has 2 aromatic rings. The number of hydrogen-bond donors (Lipinski definition) is 1. The molecule has 2 fully saturated rings. The summed E-state index contributed by atoms with van der Waals surface area (Å²) in [6.07, 6.45) is 6.30. The van der Waals surface area contributed by atoms with Gasteiger partial charge in [0.2, 0.25) is 0 Å². The van der Waals surface area contributed by atoms with E-state index >= 15 is 0 Å². The van der Waals surface area contributed by atoms with Gasteiger partial charge in [0.25, 0.3) is 0 Å². The number of aliphatic carboxylic acids is 1. The zero-order chi connectivity index (χ0) is 26.3. The first-order valence-corrected chi connectivity index (χ1v) is 13.3. The van der Waals surface area contributed by atoms with Crippen LogP contribution in [0.25, 0.3) is 5.57 Å². The average Bonchev–Trinajstić information content (AvgIpc) is 2.97. The lowest BCUT2D eigenvalue weighted by Gasteiger charge is -2.29. The van der Waals surface area contributed by atoms with E-state index in [0.29, 0.717) is 12.0 Å². The van der Waals surface area contributed by atoms with Gasteiger partial charge in [0, 0.05) is 37.6 Å². The molecule has 0 bridgehead atoms. The van der Waals surface area contributed by atoms with Crippen LogP contribution in [0.2, 0.25) is 0 Å². The second-order valence-electron chi connectivity index (χ2n) is 9.74. The second kappa shape index (κ2) is 12.1. The molecule has 2 aliphatic heterocycles. The number of allylic oxidation sites excluding steroid dienone is 4. The minimum atomic E-state index is -1.17. The van der Waals surface area contributed by atoms with Crippen molar-refractivity contribution in [3.63, 3.8) is 0 Å². The van der Waals surface area contributed by atoms with Gasteiger partial charge in [-0.1, -0.05) is 36.4 Å². The fraction of sp³-hybridized carbons (Fsp3) is 0.355. The second-order valence-corrected chi connectivity index (χ2v) is 9.74. The number of hydrogen-bond acceptors (Lipinski definition) is 6. The van der Waals surface area contributed by atoms with E-state index in [1.165, 1.54) is 11.4 Å². The Labute approximate surface area is 223 Å². The number of benzene rings is 2. The van der Waals surface area contributed by atoms with Crippen LogP contribution in [0.5, 0.6) is 0 Å². The first kappa shape index (κ1) is 25.8. The van der Waals surface area contributed by atoms with E-state index < -0.39 is 5.97 Å². The van der Waals surface area contributed by atoms with Crippen LogP contribution < -0.4 is 9.80 Å². The Hall–Kier alpha value is -3.86. The fourth-order valence-electron chi connectivity index (χ4n) is 5.28. The van der Waals surface area contributed by atoms with Gasteiger partial charge in [-0.3, -0.25) is 0 Å². The molecule has 1 N–H and O–H groups in total. The summed E-state index contributed by atoms with van der Waals surface area (Å²) in [7, 11) is 0. The SMILES string of the molecule is N#CC(C(=O)O)=C1C=C(C=C(c2ccc(N3CCOCC3)cc2)c2ccc(N3CCOCC3)cc2)CCC1. The largest absolute Gasteiger partial charge is 0.477 e. The van der Waals surface area contributed by atoms with Gasteiger partial charge < -0.3 is 24.4 Å². The van der Waals surface area contributed by atoms with Crippen LogP contribution in [0.15, 0.2) is 77.4 Å². The number of nitrogens with zero attached hydrogens (tertiary/aromatic N) is 3. The van der Waals surface area contributed by atoms with Crippen LogP contribution in [0.1, 0.15) is 30.4 Å². The molecule has 2 heterocycles. The lowest BCUT2D eigenvalue weighted by Crippen LogP contribution is -2.36. The van der Waals surface area contributed by atoms with Gasteiger partial charge in [-0.05, 0) is 71.4 Å². The zero-order valence-corrected chi connectivity index (χ0v) is 21.6. The highest BCUT2D eigenvalue weighted by molar-refractivity contribution is 5.93. The standard InChI is InChI=1S/C31H33N3O4/c32-22-30(31(35)36)26-3-1-2-23(20-26)21-29(24-4-8-27(9-5-24)33-12-16-37-17-13-33)25-6-10-28(11-7-25)34-14-18-38-19-15-34/h4-11,20-21H,1-3,12-19H2,(H,35,36). The number of morpholine rings is 2. The van der Waals surface area contributed by atoms with Gasteiger partial charge in [0.05, 0.1) is 26.4 Å². The average molecular weight is 512 g/mol. The highest BCUT2D eigenvalue weighted by Crippen LogP contribution is 2.33. The van der Waals surface area contributed by atoms with E-state index in [1.54, 1.807) is 0 Å². The molecule has 1 aliphatic carbocycles. The Bertz CT molecular complexity index is 1210. The normalized spacial score (nSPS) is 19.3. The van der Waals surface area contributed by atoms with Crippen molar-refractivity contribution < 1.29 is 19.4 Å². The van der Waals surface area contributed by atoms with Gasteiger partial charge in [0.15, 0.2) is 0 Å². The van der Waals surface area contributed by atoms with Crippen LogP contribution in [-0.2, 0) is 14.3 Å². The Balaban J connectivity index is 1.51. The van der Waals surface area contributed by atoms with E-state index in [9.17, 15) is 15.2 Å². The third-order valence-corrected chi connectivity index (χ3v) is 7.36. The number of nitriles is 1. The van der Waals surface area contributed by atoms with Crippen LogP contribution in [0, 0.1) is 11.3 Å². The van der Waals surface area contributed by atoms with Gasteiger partial charge in [-0.2, -0.15) is 5.26 Å². The summed E-state index contributed by atoms with van der Waals surface area (Å²) in [6, 6.07) is 19.1. The number of carboxylic acid groups (broad SMARTS) is 1. The van der Waals surface area contributed by atoms with Crippen LogP contribution in [-0.4, -0.2) is 63.7 Å². The molecule has 0 radical (unpaired) electrons. The molecule has 0 atom stereocenters. The fourth-order valence-corrected chi connectivity index (χ4v) is 5.28. The van der Waals surface area contributed by atoms with Crippen molar-refractivity contribution in [2.45, 2.75) is 19.3 Å². The minimum absolute atomic E-state index is 0.165. The van der Waals surface area contributed by atoms with Gasteiger partial charge in [-0.25, -0.2) is 4.79 Å². The van der Waals surface area contributed by atoms with Crippen LogP contribution in [0.3, 0.4) is 0 Å². The molecule has 5 rings (SSSR count). The van der Waals surface area contributed by atoms with E-state index in [4.69, 9.17) is 9.47 Å². The number of anilines is 2. The first-order chi connectivity index (χ1) is 18.6. The lowest BCUT2D eigenvalue weighted by molar-refractivity contribution is -0.132.